The fourth-order valence-electron chi connectivity index (χ4n) is 6.05. The first-order valence-corrected chi connectivity index (χ1v) is 13.2. The van der Waals surface area contributed by atoms with Gasteiger partial charge in [-0.2, -0.15) is 11.8 Å². The molecule has 8 nitrogen and oxygen atoms in total. The van der Waals surface area contributed by atoms with Gasteiger partial charge in [0.2, 0.25) is 11.8 Å². The number of benzene rings is 1. The number of fused-ring (bicyclic) bond motifs is 5. The molecule has 1 N–H and O–H groups in total. The third-order valence-corrected chi connectivity index (χ3v) is 8.16. The lowest BCUT2D eigenvalue weighted by molar-refractivity contribution is -0.150. The molecule has 0 spiro atoms. The molecule has 4 heterocycles. The molecule has 3 fully saturated rings. The van der Waals surface area contributed by atoms with Crippen LogP contribution in [0, 0.1) is 11.8 Å². The first-order chi connectivity index (χ1) is 16.0. The SMILES string of the molecule is CSCCC(C(=O)N1CC2CC(C1)C1CCCC(=O)N1C2)n1c(=O)[nH]c2ccccc2c1=O. The molecule has 1 aromatic carbocycles. The molecule has 1 aromatic heterocycles. The lowest BCUT2D eigenvalue weighted by Crippen LogP contribution is -2.62. The fourth-order valence-corrected chi connectivity index (χ4v) is 6.51. The molecule has 4 unspecified atom stereocenters. The molecular formula is C24H30N4O4S. The first-order valence-electron chi connectivity index (χ1n) is 11.8. The Morgan fingerprint density at radius 1 is 1.18 bits per heavy atom. The maximum Gasteiger partial charge on any atom is 0.329 e. The Balaban J connectivity index is 1.47. The van der Waals surface area contributed by atoms with Crippen molar-refractivity contribution >= 4 is 34.5 Å². The van der Waals surface area contributed by atoms with E-state index in [4.69, 9.17) is 0 Å². The maximum atomic E-state index is 13.8. The number of amides is 2. The zero-order valence-corrected chi connectivity index (χ0v) is 19.7. The van der Waals surface area contributed by atoms with E-state index in [-0.39, 0.29) is 29.7 Å². The van der Waals surface area contributed by atoms with Crippen LogP contribution in [0.3, 0.4) is 0 Å². The molecule has 3 saturated heterocycles. The summed E-state index contributed by atoms with van der Waals surface area (Å²) in [6.07, 6.45) is 5.93. The largest absolute Gasteiger partial charge is 0.340 e. The van der Waals surface area contributed by atoms with Gasteiger partial charge >= 0.3 is 5.69 Å². The van der Waals surface area contributed by atoms with Crippen LogP contribution in [0.4, 0.5) is 0 Å². The van der Waals surface area contributed by atoms with Crippen LogP contribution < -0.4 is 11.2 Å². The van der Waals surface area contributed by atoms with Crippen molar-refractivity contribution in [3.63, 3.8) is 0 Å². The van der Waals surface area contributed by atoms with E-state index in [1.807, 2.05) is 16.1 Å². The van der Waals surface area contributed by atoms with Gasteiger partial charge in [0.25, 0.3) is 5.56 Å². The van der Waals surface area contributed by atoms with Crippen LogP contribution in [0.5, 0.6) is 0 Å². The van der Waals surface area contributed by atoms with Gasteiger partial charge in [-0.1, -0.05) is 12.1 Å². The third kappa shape index (κ3) is 4.00. The van der Waals surface area contributed by atoms with Gasteiger partial charge in [0, 0.05) is 32.1 Å². The molecule has 33 heavy (non-hydrogen) atoms. The van der Waals surface area contributed by atoms with Crippen LogP contribution in [0.15, 0.2) is 33.9 Å². The standard InChI is InChI=1S/C24H30N4O4S/c1-33-10-9-20(28-22(30)17-5-2-3-6-18(17)25-24(28)32)23(31)26-12-15-11-16(14-26)19-7-4-8-21(29)27(19)13-15/h2-3,5-6,15-16,19-20H,4,7-14H2,1H3,(H,25,32). The molecule has 176 valence electrons. The molecule has 0 radical (unpaired) electrons. The van der Waals surface area contributed by atoms with Crippen molar-refractivity contribution in [2.75, 3.05) is 31.6 Å². The summed E-state index contributed by atoms with van der Waals surface area (Å²) in [5, 5.41) is 0.408. The van der Waals surface area contributed by atoms with Crippen molar-refractivity contribution < 1.29 is 9.59 Å². The van der Waals surface area contributed by atoms with Crippen LogP contribution in [-0.4, -0.2) is 68.8 Å². The number of rotatable bonds is 5. The molecule has 2 bridgehead atoms. The van der Waals surface area contributed by atoms with Gasteiger partial charge in [0.15, 0.2) is 0 Å². The van der Waals surface area contributed by atoms with E-state index in [0.29, 0.717) is 49.1 Å². The Morgan fingerprint density at radius 2 is 2.00 bits per heavy atom. The molecular weight excluding hydrogens is 440 g/mol. The van der Waals surface area contributed by atoms with Crippen LogP contribution in [0.1, 0.15) is 38.1 Å². The topological polar surface area (TPSA) is 95.5 Å². The number of hydrogen-bond acceptors (Lipinski definition) is 5. The number of carbonyl (C=O) groups excluding carboxylic acids is 2. The maximum absolute atomic E-state index is 13.8. The number of thioether (sulfide) groups is 1. The van der Waals surface area contributed by atoms with E-state index >= 15 is 0 Å². The molecule has 3 aliphatic heterocycles. The van der Waals surface area contributed by atoms with Crippen molar-refractivity contribution in [3.8, 4) is 0 Å². The number of nitrogens with one attached hydrogen (secondary N) is 1. The highest BCUT2D eigenvalue weighted by molar-refractivity contribution is 7.98. The number of piperidine rings is 3. The van der Waals surface area contributed by atoms with Crippen molar-refractivity contribution in [3.05, 3.63) is 45.1 Å². The van der Waals surface area contributed by atoms with Crippen LogP contribution >= 0.6 is 11.8 Å². The van der Waals surface area contributed by atoms with Crippen molar-refractivity contribution in [1.29, 1.82) is 0 Å². The molecule has 5 rings (SSSR count). The molecule has 3 aliphatic rings. The van der Waals surface area contributed by atoms with Gasteiger partial charge in [-0.3, -0.25) is 14.4 Å². The van der Waals surface area contributed by atoms with Gasteiger partial charge in [0.05, 0.1) is 10.9 Å². The number of aromatic amines is 1. The molecule has 0 saturated carbocycles. The van der Waals surface area contributed by atoms with Crippen molar-refractivity contribution in [2.24, 2.45) is 11.8 Å². The van der Waals surface area contributed by atoms with E-state index in [1.54, 1.807) is 36.0 Å². The van der Waals surface area contributed by atoms with E-state index < -0.39 is 17.3 Å². The van der Waals surface area contributed by atoms with Gasteiger partial charge in [-0.25, -0.2) is 9.36 Å². The third-order valence-electron chi connectivity index (χ3n) is 7.52. The number of likely N-dealkylation sites (tertiary alicyclic amines) is 1. The lowest BCUT2D eigenvalue weighted by atomic mass is 9.76. The Labute approximate surface area is 196 Å². The predicted molar refractivity (Wildman–Crippen MR) is 128 cm³/mol. The smallest absolute Gasteiger partial charge is 0.329 e. The number of carbonyl (C=O) groups is 2. The van der Waals surface area contributed by atoms with E-state index in [0.717, 1.165) is 23.8 Å². The summed E-state index contributed by atoms with van der Waals surface area (Å²) in [6.45, 7) is 1.86. The fraction of sp³-hybridized carbons (Fsp3) is 0.583. The number of nitrogens with zero attached hydrogens (tertiary/aromatic N) is 3. The minimum Gasteiger partial charge on any atom is -0.340 e. The second-order valence-corrected chi connectivity index (χ2v) is 10.5. The molecule has 4 atom stereocenters. The summed E-state index contributed by atoms with van der Waals surface area (Å²) in [6, 6.07) is 6.28. The van der Waals surface area contributed by atoms with Crippen LogP contribution in [0.25, 0.3) is 10.9 Å². The summed E-state index contributed by atoms with van der Waals surface area (Å²) in [4.78, 5) is 59.2. The summed E-state index contributed by atoms with van der Waals surface area (Å²) in [5.74, 6) is 1.27. The lowest BCUT2D eigenvalue weighted by Gasteiger charge is -2.52. The summed E-state index contributed by atoms with van der Waals surface area (Å²) in [7, 11) is 0. The highest BCUT2D eigenvalue weighted by Crippen LogP contribution is 2.38. The second kappa shape index (κ2) is 9.00. The Morgan fingerprint density at radius 3 is 2.82 bits per heavy atom. The van der Waals surface area contributed by atoms with Gasteiger partial charge in [-0.05, 0) is 61.7 Å². The molecule has 2 amide bonds. The molecule has 9 heteroatoms. The number of H-pyrrole nitrogens is 1. The zero-order chi connectivity index (χ0) is 23.1. The van der Waals surface area contributed by atoms with E-state index in [2.05, 4.69) is 4.98 Å². The highest BCUT2D eigenvalue weighted by Gasteiger charge is 2.45. The zero-order valence-electron chi connectivity index (χ0n) is 18.9. The summed E-state index contributed by atoms with van der Waals surface area (Å²) >= 11 is 1.59. The highest BCUT2D eigenvalue weighted by atomic mass is 32.2. The molecule has 0 aliphatic carbocycles. The predicted octanol–water partition coefficient (Wildman–Crippen LogP) is 1.84. The van der Waals surface area contributed by atoms with Crippen LogP contribution in [-0.2, 0) is 9.59 Å². The monoisotopic (exact) mass is 470 g/mol. The number of para-hydroxylation sites is 1. The van der Waals surface area contributed by atoms with Crippen molar-refractivity contribution in [2.45, 2.75) is 44.2 Å². The van der Waals surface area contributed by atoms with E-state index in [9.17, 15) is 19.2 Å². The minimum atomic E-state index is -0.832. The average Bonchev–Trinajstić information content (AvgIpc) is 2.81. The first kappa shape index (κ1) is 22.3. The molecule has 2 aromatic rings. The van der Waals surface area contributed by atoms with E-state index in [1.165, 1.54) is 0 Å². The summed E-state index contributed by atoms with van der Waals surface area (Å²) < 4.78 is 1.13. The summed E-state index contributed by atoms with van der Waals surface area (Å²) in [5.41, 5.74) is -0.483. The van der Waals surface area contributed by atoms with Crippen molar-refractivity contribution in [1.82, 2.24) is 19.4 Å². The normalized spacial score (nSPS) is 25.7. The average molecular weight is 471 g/mol. The Bertz CT molecular complexity index is 1190. The van der Waals surface area contributed by atoms with Gasteiger partial charge in [0.1, 0.15) is 6.04 Å². The number of aromatic nitrogens is 2. The Kier molecular flexibility index (Phi) is 6.07. The Hall–Kier alpha value is -2.55. The van der Waals surface area contributed by atoms with Crippen LogP contribution in [0.2, 0.25) is 0 Å². The minimum absolute atomic E-state index is 0.155. The van der Waals surface area contributed by atoms with Gasteiger partial charge < -0.3 is 14.8 Å². The number of hydrogen-bond donors (Lipinski definition) is 1. The quantitative estimate of drug-likeness (QED) is 0.720. The second-order valence-electron chi connectivity index (χ2n) is 9.56. The van der Waals surface area contributed by atoms with Gasteiger partial charge in [-0.15, -0.1) is 0 Å².